The number of halogens is 1. The normalized spacial score (nSPS) is 10.1. The van der Waals surface area contributed by atoms with E-state index >= 15 is 0 Å². The van der Waals surface area contributed by atoms with Gasteiger partial charge in [0.15, 0.2) is 0 Å². The first-order chi connectivity index (χ1) is 7.34. The van der Waals surface area contributed by atoms with Gasteiger partial charge in [0, 0.05) is 33.9 Å². The highest BCUT2D eigenvalue weighted by molar-refractivity contribution is 9.10. The Labute approximate surface area is 104 Å². The number of hydrogen-bond acceptors (Lipinski definition) is 3. The lowest BCUT2D eigenvalue weighted by atomic mass is 10.1. The van der Waals surface area contributed by atoms with Crippen LogP contribution in [0.4, 0.5) is 11.4 Å². The molecule has 0 fully saturated rings. The Bertz CT molecular complexity index is 417. The number of anilines is 2. The number of nitrogens with zero attached hydrogens (tertiary/aromatic N) is 2. The summed E-state index contributed by atoms with van der Waals surface area (Å²) < 4.78 is 0.607. The average Bonchev–Trinajstić information content (AvgIpc) is 2.16. The molecule has 0 saturated heterocycles. The van der Waals surface area contributed by atoms with E-state index in [2.05, 4.69) is 15.9 Å². The average molecular weight is 287 g/mol. The van der Waals surface area contributed by atoms with E-state index in [9.17, 15) is 4.79 Å². The van der Waals surface area contributed by atoms with E-state index in [1.54, 1.807) is 6.07 Å². The zero-order chi connectivity index (χ0) is 12.5. The molecule has 4 nitrogen and oxygen atoms in total. The molecule has 0 saturated carbocycles. The van der Waals surface area contributed by atoms with Crippen molar-refractivity contribution >= 4 is 33.3 Å². The molecule has 0 bridgehead atoms. The van der Waals surface area contributed by atoms with Crippen molar-refractivity contribution in [2.75, 3.05) is 38.0 Å². The highest BCUT2D eigenvalue weighted by Crippen LogP contribution is 2.33. The first kappa shape index (κ1) is 12.8. The van der Waals surface area contributed by atoms with Crippen LogP contribution < -0.4 is 9.80 Å². The van der Waals surface area contributed by atoms with E-state index < -0.39 is 5.97 Å². The molecule has 0 aromatic heterocycles. The van der Waals surface area contributed by atoms with Crippen LogP contribution in [0.2, 0.25) is 0 Å². The number of rotatable bonds is 3. The molecule has 1 aromatic rings. The summed E-state index contributed by atoms with van der Waals surface area (Å²) in [5.74, 6) is -0.932. The summed E-state index contributed by atoms with van der Waals surface area (Å²) in [6, 6.07) is 3.59. The number of aromatic carboxylic acids is 1. The minimum atomic E-state index is -0.932. The van der Waals surface area contributed by atoms with Crippen molar-refractivity contribution in [2.45, 2.75) is 0 Å². The van der Waals surface area contributed by atoms with Gasteiger partial charge in [0.25, 0.3) is 0 Å². The van der Waals surface area contributed by atoms with E-state index in [1.807, 2.05) is 44.1 Å². The van der Waals surface area contributed by atoms with Gasteiger partial charge < -0.3 is 14.9 Å². The smallest absolute Gasteiger partial charge is 0.336 e. The third kappa shape index (κ3) is 2.47. The second kappa shape index (κ2) is 4.74. The molecule has 5 heteroatoms. The van der Waals surface area contributed by atoms with Gasteiger partial charge in [-0.1, -0.05) is 0 Å². The first-order valence-electron chi connectivity index (χ1n) is 4.76. The fourth-order valence-corrected chi connectivity index (χ4v) is 2.09. The molecule has 0 amide bonds. The molecule has 1 aromatic carbocycles. The molecule has 0 radical (unpaired) electrons. The predicted molar refractivity (Wildman–Crippen MR) is 69.8 cm³/mol. The Balaban J connectivity index is 3.45. The lowest BCUT2D eigenvalue weighted by Crippen LogP contribution is -2.15. The van der Waals surface area contributed by atoms with Gasteiger partial charge in [-0.3, -0.25) is 0 Å². The van der Waals surface area contributed by atoms with Gasteiger partial charge in [0.1, 0.15) is 0 Å². The second-order valence-electron chi connectivity index (χ2n) is 3.92. The number of carboxylic acids is 1. The minimum absolute atomic E-state index is 0.273. The fourth-order valence-electron chi connectivity index (χ4n) is 1.33. The molecule has 0 atom stereocenters. The molecule has 0 aliphatic rings. The first-order valence-corrected chi connectivity index (χ1v) is 5.55. The summed E-state index contributed by atoms with van der Waals surface area (Å²) in [6.45, 7) is 0. The zero-order valence-electron chi connectivity index (χ0n) is 9.78. The molecule has 16 heavy (non-hydrogen) atoms. The number of hydrogen-bond donors (Lipinski definition) is 1. The standard InChI is InChI=1S/C11H15BrN2O2/c1-13(2)7-5-8(11(15)16)10(12)9(6-7)14(3)4/h5-6H,1-4H3,(H,15,16). The maximum atomic E-state index is 11.1. The van der Waals surface area contributed by atoms with Crippen molar-refractivity contribution < 1.29 is 9.90 Å². The second-order valence-corrected chi connectivity index (χ2v) is 4.71. The maximum Gasteiger partial charge on any atom is 0.336 e. The maximum absolute atomic E-state index is 11.1. The Morgan fingerprint density at radius 3 is 2.12 bits per heavy atom. The van der Waals surface area contributed by atoms with Crippen LogP contribution in [0.3, 0.4) is 0 Å². The fraction of sp³-hybridized carbons (Fsp3) is 0.364. The third-order valence-corrected chi connectivity index (χ3v) is 3.10. The van der Waals surface area contributed by atoms with Gasteiger partial charge in [-0.2, -0.15) is 0 Å². The minimum Gasteiger partial charge on any atom is -0.478 e. The van der Waals surface area contributed by atoms with Gasteiger partial charge in [0.2, 0.25) is 0 Å². The Hall–Kier alpha value is -1.23. The van der Waals surface area contributed by atoms with E-state index in [0.717, 1.165) is 11.4 Å². The highest BCUT2D eigenvalue weighted by Gasteiger charge is 2.16. The Kier molecular flexibility index (Phi) is 3.80. The molecule has 0 aliphatic heterocycles. The largest absolute Gasteiger partial charge is 0.478 e. The zero-order valence-corrected chi connectivity index (χ0v) is 11.4. The van der Waals surface area contributed by atoms with Crippen LogP contribution in [0.25, 0.3) is 0 Å². The van der Waals surface area contributed by atoms with Crippen LogP contribution in [0, 0.1) is 0 Å². The third-order valence-electron chi connectivity index (χ3n) is 2.27. The quantitative estimate of drug-likeness (QED) is 0.926. The van der Waals surface area contributed by atoms with Crippen LogP contribution >= 0.6 is 15.9 Å². The topological polar surface area (TPSA) is 43.8 Å². The summed E-state index contributed by atoms with van der Waals surface area (Å²) in [7, 11) is 7.53. The van der Waals surface area contributed by atoms with Crippen LogP contribution in [0.1, 0.15) is 10.4 Å². The summed E-state index contributed by atoms with van der Waals surface area (Å²) >= 11 is 3.32. The van der Waals surface area contributed by atoms with E-state index in [-0.39, 0.29) is 5.56 Å². The van der Waals surface area contributed by atoms with Crippen LogP contribution in [0.15, 0.2) is 16.6 Å². The van der Waals surface area contributed by atoms with Gasteiger partial charge in [-0.25, -0.2) is 4.79 Å². The molecule has 0 spiro atoms. The number of carbonyl (C=O) groups is 1. The van der Waals surface area contributed by atoms with Crippen molar-refractivity contribution in [1.29, 1.82) is 0 Å². The van der Waals surface area contributed by atoms with Crippen LogP contribution in [-0.4, -0.2) is 39.3 Å². The molecule has 1 N–H and O–H groups in total. The van der Waals surface area contributed by atoms with Crippen molar-refractivity contribution in [3.63, 3.8) is 0 Å². The summed E-state index contributed by atoms with van der Waals surface area (Å²) in [5.41, 5.74) is 1.99. The highest BCUT2D eigenvalue weighted by atomic mass is 79.9. The van der Waals surface area contributed by atoms with Crippen molar-refractivity contribution in [3.05, 3.63) is 22.2 Å². The summed E-state index contributed by atoms with van der Waals surface area (Å²) in [6.07, 6.45) is 0. The van der Waals surface area contributed by atoms with Gasteiger partial charge >= 0.3 is 5.97 Å². The number of carboxylic acid groups (broad SMARTS) is 1. The molecular formula is C11H15BrN2O2. The van der Waals surface area contributed by atoms with Crippen molar-refractivity contribution in [1.82, 2.24) is 0 Å². The number of benzene rings is 1. The van der Waals surface area contributed by atoms with Gasteiger partial charge in [0.05, 0.1) is 15.7 Å². The molecule has 0 aliphatic carbocycles. The lowest BCUT2D eigenvalue weighted by molar-refractivity contribution is 0.0696. The van der Waals surface area contributed by atoms with E-state index in [4.69, 9.17) is 5.11 Å². The molecule has 1 rings (SSSR count). The molecule has 0 unspecified atom stereocenters. The Morgan fingerprint density at radius 1 is 1.19 bits per heavy atom. The summed E-state index contributed by atoms with van der Waals surface area (Å²) in [5, 5.41) is 9.11. The van der Waals surface area contributed by atoms with Crippen LogP contribution in [-0.2, 0) is 0 Å². The van der Waals surface area contributed by atoms with E-state index in [0.29, 0.717) is 4.47 Å². The molecule has 0 heterocycles. The monoisotopic (exact) mass is 286 g/mol. The van der Waals surface area contributed by atoms with Gasteiger partial charge in [-0.15, -0.1) is 0 Å². The summed E-state index contributed by atoms with van der Waals surface area (Å²) in [4.78, 5) is 14.9. The van der Waals surface area contributed by atoms with Crippen molar-refractivity contribution in [2.24, 2.45) is 0 Å². The van der Waals surface area contributed by atoms with Crippen LogP contribution in [0.5, 0.6) is 0 Å². The molecule has 88 valence electrons. The Morgan fingerprint density at radius 2 is 1.75 bits per heavy atom. The predicted octanol–water partition coefficient (Wildman–Crippen LogP) is 2.28. The van der Waals surface area contributed by atoms with Gasteiger partial charge in [-0.05, 0) is 28.1 Å². The van der Waals surface area contributed by atoms with E-state index in [1.165, 1.54) is 0 Å². The van der Waals surface area contributed by atoms with Crippen molar-refractivity contribution in [3.8, 4) is 0 Å². The SMILES string of the molecule is CN(C)c1cc(C(=O)O)c(Br)c(N(C)C)c1. The lowest BCUT2D eigenvalue weighted by Gasteiger charge is -2.21. The molecular weight excluding hydrogens is 272 g/mol.